The largest absolute Gasteiger partial charge is 0.497 e. The predicted molar refractivity (Wildman–Crippen MR) is 125 cm³/mol. The second-order valence-electron chi connectivity index (χ2n) is 8.29. The van der Waals surface area contributed by atoms with Crippen LogP contribution in [0.4, 0.5) is 0 Å². The van der Waals surface area contributed by atoms with Crippen LogP contribution in [0.3, 0.4) is 0 Å². The second-order valence-corrected chi connectivity index (χ2v) is 8.29. The summed E-state index contributed by atoms with van der Waals surface area (Å²) in [6.45, 7) is 5.80. The van der Waals surface area contributed by atoms with Gasteiger partial charge in [-0.25, -0.2) is 4.79 Å². The maximum atomic E-state index is 12.1. The summed E-state index contributed by atoms with van der Waals surface area (Å²) >= 11 is 0. The highest BCUT2D eigenvalue weighted by atomic mass is 16.5. The lowest BCUT2D eigenvalue weighted by molar-refractivity contribution is 0.160. The van der Waals surface area contributed by atoms with Crippen LogP contribution in [0.25, 0.3) is 11.0 Å². The fraction of sp³-hybridized carbons (Fsp3) is 0.423. The number of aryl methyl sites for hydroxylation is 1. The molecule has 0 bridgehead atoms. The van der Waals surface area contributed by atoms with Gasteiger partial charge in [-0.2, -0.15) is 0 Å². The molecule has 1 saturated heterocycles. The monoisotopic (exact) mass is 420 g/mol. The molecule has 1 atom stereocenters. The quantitative estimate of drug-likeness (QED) is 0.536. The average molecular weight is 421 g/mol. The number of benzene rings is 2. The van der Waals surface area contributed by atoms with Crippen LogP contribution in [0.1, 0.15) is 48.9 Å². The SMILES string of the molecule is CCc1ccc2c(CNC[C@H](c3ccc(OC)cc3)N3CCCCC3)cc(=O)oc2c1. The lowest BCUT2D eigenvalue weighted by Crippen LogP contribution is -2.39. The minimum Gasteiger partial charge on any atom is -0.497 e. The van der Waals surface area contributed by atoms with E-state index in [-0.39, 0.29) is 5.63 Å². The molecule has 164 valence electrons. The molecular weight excluding hydrogens is 388 g/mol. The van der Waals surface area contributed by atoms with Gasteiger partial charge in [-0.15, -0.1) is 0 Å². The van der Waals surface area contributed by atoms with Crippen molar-refractivity contribution in [2.24, 2.45) is 0 Å². The third kappa shape index (κ3) is 5.17. The lowest BCUT2D eigenvalue weighted by atomic mass is 10.0. The van der Waals surface area contributed by atoms with E-state index in [9.17, 15) is 4.79 Å². The van der Waals surface area contributed by atoms with Crippen LogP contribution in [0, 0.1) is 0 Å². The summed E-state index contributed by atoms with van der Waals surface area (Å²) in [6, 6.07) is 16.5. The first-order valence-electron chi connectivity index (χ1n) is 11.3. The molecule has 0 amide bonds. The summed E-state index contributed by atoms with van der Waals surface area (Å²) in [5.41, 5.74) is 3.83. The van der Waals surface area contributed by atoms with Crippen molar-refractivity contribution in [2.45, 2.75) is 45.2 Å². The first-order valence-corrected chi connectivity index (χ1v) is 11.3. The Morgan fingerprint density at radius 1 is 1.06 bits per heavy atom. The summed E-state index contributed by atoms with van der Waals surface area (Å²) in [7, 11) is 1.70. The number of fused-ring (bicyclic) bond motifs is 1. The lowest BCUT2D eigenvalue weighted by Gasteiger charge is -2.35. The van der Waals surface area contributed by atoms with E-state index >= 15 is 0 Å². The van der Waals surface area contributed by atoms with E-state index in [1.165, 1.54) is 30.4 Å². The van der Waals surface area contributed by atoms with Gasteiger partial charge in [-0.3, -0.25) is 4.90 Å². The number of piperidine rings is 1. The third-order valence-corrected chi connectivity index (χ3v) is 6.29. The molecule has 1 fully saturated rings. The van der Waals surface area contributed by atoms with Crippen LogP contribution >= 0.6 is 0 Å². The Morgan fingerprint density at radius 2 is 1.84 bits per heavy atom. The van der Waals surface area contributed by atoms with Crippen LogP contribution in [0.2, 0.25) is 0 Å². The van der Waals surface area contributed by atoms with Crippen LogP contribution in [0.5, 0.6) is 5.75 Å². The fourth-order valence-electron chi connectivity index (χ4n) is 4.50. The van der Waals surface area contributed by atoms with Gasteiger partial charge in [-0.05, 0) is 67.2 Å². The molecule has 2 heterocycles. The molecule has 1 aliphatic rings. The van der Waals surface area contributed by atoms with E-state index in [0.29, 0.717) is 18.2 Å². The van der Waals surface area contributed by atoms with Crippen LogP contribution in [-0.2, 0) is 13.0 Å². The van der Waals surface area contributed by atoms with Crippen molar-refractivity contribution >= 4 is 11.0 Å². The van der Waals surface area contributed by atoms with Gasteiger partial charge in [0.15, 0.2) is 0 Å². The number of likely N-dealkylation sites (tertiary alicyclic amines) is 1. The van der Waals surface area contributed by atoms with Crippen molar-refractivity contribution in [1.82, 2.24) is 10.2 Å². The second kappa shape index (κ2) is 10.1. The van der Waals surface area contributed by atoms with Crippen LogP contribution < -0.4 is 15.7 Å². The molecule has 0 unspecified atom stereocenters. The molecule has 1 N–H and O–H groups in total. The van der Waals surface area contributed by atoms with E-state index < -0.39 is 0 Å². The molecule has 5 nitrogen and oxygen atoms in total. The highest BCUT2D eigenvalue weighted by molar-refractivity contribution is 5.80. The van der Waals surface area contributed by atoms with E-state index in [1.54, 1.807) is 13.2 Å². The first kappa shape index (κ1) is 21.6. The minimum atomic E-state index is -0.291. The molecule has 0 spiro atoms. The summed E-state index contributed by atoms with van der Waals surface area (Å²) < 4.78 is 10.8. The van der Waals surface area contributed by atoms with E-state index in [2.05, 4.69) is 41.4 Å². The summed E-state index contributed by atoms with van der Waals surface area (Å²) in [4.78, 5) is 14.7. The highest BCUT2D eigenvalue weighted by Crippen LogP contribution is 2.26. The Hall–Kier alpha value is -2.63. The van der Waals surface area contributed by atoms with Crippen molar-refractivity contribution < 1.29 is 9.15 Å². The molecule has 2 aromatic carbocycles. The Balaban J connectivity index is 1.52. The molecule has 0 aliphatic carbocycles. The van der Waals surface area contributed by atoms with Gasteiger partial charge in [0.05, 0.1) is 7.11 Å². The average Bonchev–Trinajstić information content (AvgIpc) is 2.82. The topological polar surface area (TPSA) is 54.7 Å². The first-order chi connectivity index (χ1) is 15.2. The van der Waals surface area contributed by atoms with Gasteiger partial charge in [0.25, 0.3) is 0 Å². The highest BCUT2D eigenvalue weighted by Gasteiger charge is 2.22. The van der Waals surface area contributed by atoms with Crippen LogP contribution in [0.15, 0.2) is 57.7 Å². The molecule has 3 aromatic rings. The summed E-state index contributed by atoms with van der Waals surface area (Å²) in [5.74, 6) is 0.878. The van der Waals surface area contributed by atoms with Crippen molar-refractivity contribution in [1.29, 1.82) is 0 Å². The maximum Gasteiger partial charge on any atom is 0.336 e. The molecule has 5 heteroatoms. The molecule has 4 rings (SSSR count). The smallest absolute Gasteiger partial charge is 0.336 e. The number of hydrogen-bond donors (Lipinski definition) is 1. The molecule has 0 radical (unpaired) electrons. The maximum absolute atomic E-state index is 12.1. The van der Waals surface area contributed by atoms with Crippen molar-refractivity contribution in [3.63, 3.8) is 0 Å². The van der Waals surface area contributed by atoms with Gasteiger partial charge in [0.1, 0.15) is 11.3 Å². The third-order valence-electron chi connectivity index (χ3n) is 6.29. The standard InChI is InChI=1S/C26H32N2O3/c1-3-19-7-12-23-21(16-26(29)31-25(23)15-19)17-27-18-24(28-13-5-4-6-14-28)20-8-10-22(30-2)11-9-20/h7-12,15-16,24,27H,3-6,13-14,17-18H2,1-2H3/t24-/m1/s1. The van der Waals surface area contributed by atoms with Gasteiger partial charge in [0.2, 0.25) is 0 Å². The fourth-order valence-corrected chi connectivity index (χ4v) is 4.50. The van der Waals surface area contributed by atoms with Gasteiger partial charge >= 0.3 is 5.63 Å². The van der Waals surface area contributed by atoms with Crippen molar-refractivity contribution in [3.8, 4) is 5.75 Å². The molecule has 31 heavy (non-hydrogen) atoms. The summed E-state index contributed by atoms with van der Waals surface area (Å²) in [6.07, 6.45) is 4.72. The zero-order valence-electron chi connectivity index (χ0n) is 18.5. The van der Waals surface area contributed by atoms with Crippen molar-refractivity contribution in [2.75, 3.05) is 26.7 Å². The Labute approximate surface area is 184 Å². The molecule has 1 aliphatic heterocycles. The van der Waals surface area contributed by atoms with Gasteiger partial charge in [-0.1, -0.05) is 37.6 Å². The van der Waals surface area contributed by atoms with E-state index in [0.717, 1.165) is 42.8 Å². The van der Waals surface area contributed by atoms with Crippen molar-refractivity contribution in [3.05, 3.63) is 75.6 Å². The molecule has 0 saturated carbocycles. The number of hydrogen-bond acceptors (Lipinski definition) is 5. The Bertz CT molecular complexity index is 1050. The van der Waals surface area contributed by atoms with E-state index in [4.69, 9.17) is 9.15 Å². The van der Waals surface area contributed by atoms with E-state index in [1.807, 2.05) is 18.2 Å². The zero-order valence-corrected chi connectivity index (χ0v) is 18.5. The number of rotatable bonds is 8. The van der Waals surface area contributed by atoms with Crippen LogP contribution in [-0.4, -0.2) is 31.6 Å². The number of nitrogens with one attached hydrogen (secondary N) is 1. The Morgan fingerprint density at radius 3 is 2.55 bits per heavy atom. The molecule has 1 aromatic heterocycles. The minimum absolute atomic E-state index is 0.291. The number of ether oxygens (including phenoxy) is 1. The van der Waals surface area contributed by atoms with Gasteiger partial charge in [0, 0.05) is 30.6 Å². The molecular formula is C26H32N2O3. The predicted octanol–water partition coefficient (Wildman–Crippen LogP) is 4.68. The number of nitrogens with zero attached hydrogens (tertiary/aromatic N) is 1. The normalized spacial score (nSPS) is 15.8. The Kier molecular flexibility index (Phi) is 7.05. The van der Waals surface area contributed by atoms with Gasteiger partial charge < -0.3 is 14.5 Å². The number of methoxy groups -OCH3 is 1. The summed E-state index contributed by atoms with van der Waals surface area (Å²) in [5, 5.41) is 4.62. The zero-order chi connectivity index (χ0) is 21.6.